The summed E-state index contributed by atoms with van der Waals surface area (Å²) >= 11 is 12.3. The van der Waals surface area contributed by atoms with E-state index in [9.17, 15) is 4.79 Å². The molecule has 0 aliphatic heterocycles. The average Bonchev–Trinajstić information content (AvgIpc) is 3.42. The van der Waals surface area contributed by atoms with Crippen molar-refractivity contribution in [1.82, 2.24) is 20.2 Å². The molecule has 0 aliphatic carbocycles. The largest absolute Gasteiger partial charge is 0.465 e. The molecule has 29 heavy (non-hydrogen) atoms. The number of aromatic nitrogens is 4. The maximum atomic E-state index is 13.1. The van der Waals surface area contributed by atoms with Crippen molar-refractivity contribution in [1.29, 1.82) is 0 Å². The molecule has 2 heterocycles. The van der Waals surface area contributed by atoms with Crippen LogP contribution in [0.15, 0.2) is 71.3 Å². The van der Waals surface area contributed by atoms with E-state index in [1.807, 2.05) is 30.3 Å². The number of furan rings is 1. The Kier molecular flexibility index (Phi) is 5.41. The monoisotopic (exact) mass is 425 g/mol. The van der Waals surface area contributed by atoms with Crippen molar-refractivity contribution in [2.75, 3.05) is 5.32 Å². The lowest BCUT2D eigenvalue weighted by Crippen LogP contribution is -2.19. The number of hydrogen-bond acceptors (Lipinski definition) is 5. The Bertz CT molecular complexity index is 1170. The van der Waals surface area contributed by atoms with Gasteiger partial charge in [0.15, 0.2) is 5.82 Å². The summed E-state index contributed by atoms with van der Waals surface area (Å²) in [5, 5.41) is 15.1. The molecule has 2 aromatic carbocycles. The number of amides is 1. The molecular formula is C20H13Cl2N5O2. The Labute approximate surface area is 175 Å². The fourth-order valence-electron chi connectivity index (χ4n) is 2.63. The molecule has 0 spiro atoms. The third-order valence-corrected chi connectivity index (χ3v) is 4.80. The van der Waals surface area contributed by atoms with E-state index in [1.54, 1.807) is 30.3 Å². The van der Waals surface area contributed by atoms with E-state index < -0.39 is 5.91 Å². The molecule has 0 saturated heterocycles. The summed E-state index contributed by atoms with van der Waals surface area (Å²) in [7, 11) is 0. The normalized spacial score (nSPS) is 11.4. The number of anilines is 1. The second kappa shape index (κ2) is 8.30. The summed E-state index contributed by atoms with van der Waals surface area (Å²) in [6, 6.07) is 17.7. The number of tetrazole rings is 1. The summed E-state index contributed by atoms with van der Waals surface area (Å²) in [5.41, 5.74) is 1.25. The van der Waals surface area contributed by atoms with Crippen LogP contribution in [0.25, 0.3) is 23.2 Å². The van der Waals surface area contributed by atoms with Gasteiger partial charge in [-0.05, 0) is 34.7 Å². The minimum absolute atomic E-state index is 0.139. The zero-order valence-corrected chi connectivity index (χ0v) is 16.3. The van der Waals surface area contributed by atoms with Gasteiger partial charge in [-0.1, -0.05) is 59.6 Å². The van der Waals surface area contributed by atoms with Gasteiger partial charge in [0, 0.05) is 11.6 Å². The quantitative estimate of drug-likeness (QED) is 0.460. The molecular weight excluding hydrogens is 413 g/mol. The van der Waals surface area contributed by atoms with Gasteiger partial charge in [-0.25, -0.2) is 0 Å². The van der Waals surface area contributed by atoms with E-state index in [4.69, 9.17) is 27.6 Å². The number of nitrogens with one attached hydrogen (secondary N) is 1. The van der Waals surface area contributed by atoms with Crippen molar-refractivity contribution in [2.24, 2.45) is 0 Å². The van der Waals surface area contributed by atoms with Crippen molar-refractivity contribution in [3.63, 3.8) is 0 Å². The molecule has 4 rings (SSSR count). The van der Waals surface area contributed by atoms with Gasteiger partial charge in [0.2, 0.25) is 0 Å². The van der Waals surface area contributed by atoms with Crippen LogP contribution in [0.1, 0.15) is 5.76 Å². The molecule has 4 aromatic rings. The fourth-order valence-corrected chi connectivity index (χ4v) is 2.98. The topological polar surface area (TPSA) is 85.8 Å². The third-order valence-electron chi connectivity index (χ3n) is 3.98. The van der Waals surface area contributed by atoms with Crippen molar-refractivity contribution < 1.29 is 9.21 Å². The standard InChI is InChI=1S/C20H13Cl2N5O2/c21-15-9-4-10-16(18(15)22)23-20(28)17(12-14-8-5-11-29-14)27-19(24-25-26-27)13-6-2-1-3-7-13/h1-12H,(H,23,28)/b17-12-. The van der Waals surface area contributed by atoms with E-state index in [2.05, 4.69) is 20.8 Å². The highest BCUT2D eigenvalue weighted by Gasteiger charge is 2.21. The van der Waals surface area contributed by atoms with Gasteiger partial charge in [-0.2, -0.15) is 4.68 Å². The Hall–Kier alpha value is -3.42. The first kappa shape index (κ1) is 18.9. The lowest BCUT2D eigenvalue weighted by Gasteiger charge is -2.12. The molecule has 1 N–H and O–H groups in total. The van der Waals surface area contributed by atoms with Crippen LogP contribution in [0.2, 0.25) is 10.0 Å². The lowest BCUT2D eigenvalue weighted by atomic mass is 10.2. The summed E-state index contributed by atoms with van der Waals surface area (Å²) in [4.78, 5) is 13.1. The molecule has 2 aromatic heterocycles. The predicted molar refractivity (Wildman–Crippen MR) is 111 cm³/mol. The molecule has 144 valence electrons. The van der Waals surface area contributed by atoms with Gasteiger partial charge in [0.1, 0.15) is 11.5 Å². The van der Waals surface area contributed by atoms with Crippen LogP contribution in [0.4, 0.5) is 5.69 Å². The van der Waals surface area contributed by atoms with Crippen molar-refractivity contribution >= 4 is 46.6 Å². The van der Waals surface area contributed by atoms with Gasteiger partial charge < -0.3 is 9.73 Å². The second-order valence-electron chi connectivity index (χ2n) is 5.88. The number of nitrogens with zero attached hydrogens (tertiary/aromatic N) is 4. The van der Waals surface area contributed by atoms with E-state index >= 15 is 0 Å². The maximum Gasteiger partial charge on any atom is 0.274 e. The first-order chi connectivity index (χ1) is 14.1. The maximum absolute atomic E-state index is 13.1. The highest BCUT2D eigenvalue weighted by Crippen LogP contribution is 2.30. The minimum atomic E-state index is -0.491. The highest BCUT2D eigenvalue weighted by atomic mass is 35.5. The highest BCUT2D eigenvalue weighted by molar-refractivity contribution is 6.44. The van der Waals surface area contributed by atoms with Crippen LogP contribution in [0.3, 0.4) is 0 Å². The number of hydrogen-bond donors (Lipinski definition) is 1. The van der Waals surface area contributed by atoms with Crippen LogP contribution >= 0.6 is 23.2 Å². The number of carbonyl (C=O) groups excluding carboxylic acids is 1. The van der Waals surface area contributed by atoms with Crippen molar-refractivity contribution in [3.05, 3.63) is 82.7 Å². The summed E-state index contributed by atoms with van der Waals surface area (Å²) < 4.78 is 6.70. The Balaban J connectivity index is 1.77. The third kappa shape index (κ3) is 4.06. The van der Waals surface area contributed by atoms with Crippen LogP contribution in [0, 0.1) is 0 Å². The lowest BCUT2D eigenvalue weighted by molar-refractivity contribution is -0.111. The van der Waals surface area contributed by atoms with E-state index in [1.165, 1.54) is 17.0 Å². The van der Waals surface area contributed by atoms with Gasteiger partial charge >= 0.3 is 0 Å². The van der Waals surface area contributed by atoms with Crippen molar-refractivity contribution in [3.8, 4) is 11.4 Å². The molecule has 0 radical (unpaired) electrons. The number of benzene rings is 2. The zero-order valence-electron chi connectivity index (χ0n) is 14.8. The molecule has 7 nitrogen and oxygen atoms in total. The molecule has 0 atom stereocenters. The van der Waals surface area contributed by atoms with Gasteiger partial charge in [-0.3, -0.25) is 4.79 Å². The zero-order chi connectivity index (χ0) is 20.2. The van der Waals surface area contributed by atoms with Gasteiger partial charge in [-0.15, -0.1) is 5.10 Å². The van der Waals surface area contributed by atoms with E-state index in [0.717, 1.165) is 5.56 Å². The minimum Gasteiger partial charge on any atom is -0.465 e. The molecule has 0 unspecified atom stereocenters. The van der Waals surface area contributed by atoms with Crippen LogP contribution < -0.4 is 5.32 Å². The number of carbonyl (C=O) groups is 1. The average molecular weight is 426 g/mol. The predicted octanol–water partition coefficient (Wildman–Crippen LogP) is 4.88. The van der Waals surface area contributed by atoms with Gasteiger partial charge in [0.05, 0.1) is 22.0 Å². The first-order valence-electron chi connectivity index (χ1n) is 8.48. The molecule has 0 bridgehead atoms. The number of rotatable bonds is 5. The van der Waals surface area contributed by atoms with E-state index in [0.29, 0.717) is 22.3 Å². The number of halogens is 2. The molecule has 0 saturated carbocycles. The molecule has 1 amide bonds. The smallest absolute Gasteiger partial charge is 0.274 e. The summed E-state index contributed by atoms with van der Waals surface area (Å²) in [5.74, 6) is 0.368. The van der Waals surface area contributed by atoms with Gasteiger partial charge in [0.25, 0.3) is 5.91 Å². The SMILES string of the molecule is O=C(Nc1cccc(Cl)c1Cl)/C(=C/c1ccco1)n1nnnc1-c1ccccc1. The summed E-state index contributed by atoms with van der Waals surface area (Å²) in [6.07, 6.45) is 3.05. The van der Waals surface area contributed by atoms with Crippen molar-refractivity contribution in [2.45, 2.75) is 0 Å². The Morgan fingerprint density at radius 1 is 1.03 bits per heavy atom. The fraction of sp³-hybridized carbons (Fsp3) is 0. The molecule has 9 heteroatoms. The Morgan fingerprint density at radius 3 is 2.62 bits per heavy atom. The summed E-state index contributed by atoms with van der Waals surface area (Å²) in [6.45, 7) is 0. The van der Waals surface area contributed by atoms with Crippen LogP contribution in [-0.4, -0.2) is 26.1 Å². The molecule has 0 aliphatic rings. The van der Waals surface area contributed by atoms with Crippen LogP contribution in [-0.2, 0) is 4.79 Å². The Morgan fingerprint density at radius 2 is 1.86 bits per heavy atom. The van der Waals surface area contributed by atoms with E-state index in [-0.39, 0.29) is 10.7 Å². The second-order valence-corrected chi connectivity index (χ2v) is 6.67. The molecule has 0 fully saturated rings. The first-order valence-corrected chi connectivity index (χ1v) is 9.24. The van der Waals surface area contributed by atoms with Crippen LogP contribution in [0.5, 0.6) is 0 Å².